The summed E-state index contributed by atoms with van der Waals surface area (Å²) in [6.45, 7) is 4.04. The molecule has 0 spiro atoms. The topological polar surface area (TPSA) is 95.9 Å². The molecule has 1 saturated carbocycles. The minimum Gasteiger partial charge on any atom is -0.481 e. The molecule has 35 heavy (non-hydrogen) atoms. The number of rotatable bonds is 6. The Kier molecular flexibility index (Phi) is 6.03. The van der Waals surface area contributed by atoms with Gasteiger partial charge in [-0.2, -0.15) is 0 Å². The minimum atomic E-state index is -1.11. The number of aliphatic carboxylic acids is 1. The summed E-state index contributed by atoms with van der Waals surface area (Å²) in [4.78, 5) is 39.9. The van der Waals surface area contributed by atoms with E-state index in [2.05, 4.69) is 29.6 Å². The first-order valence-corrected chi connectivity index (χ1v) is 12.5. The number of amides is 2. The van der Waals surface area contributed by atoms with Gasteiger partial charge in [-0.25, -0.2) is 4.79 Å². The molecular formula is C28H32N2O5. The molecule has 3 aliphatic rings. The molecule has 1 aliphatic heterocycles. The van der Waals surface area contributed by atoms with Crippen LogP contribution in [0.25, 0.3) is 11.1 Å². The van der Waals surface area contributed by atoms with E-state index in [0.29, 0.717) is 12.8 Å². The number of nitrogens with one attached hydrogen (secondary N) is 1. The molecule has 2 aromatic carbocycles. The largest absolute Gasteiger partial charge is 0.481 e. The predicted octanol–water partition coefficient (Wildman–Crippen LogP) is 4.41. The Bertz CT molecular complexity index is 1110. The lowest BCUT2D eigenvalue weighted by atomic mass is 9.88. The number of alkyl carbamates (subject to hydrolysis) is 1. The van der Waals surface area contributed by atoms with E-state index in [0.717, 1.165) is 35.1 Å². The van der Waals surface area contributed by atoms with E-state index in [9.17, 15) is 19.5 Å². The summed E-state index contributed by atoms with van der Waals surface area (Å²) in [5.74, 6) is -1.71. The number of piperidine rings is 1. The first-order valence-electron chi connectivity index (χ1n) is 12.5. The molecule has 2 aliphatic carbocycles. The molecule has 0 bridgehead atoms. The molecule has 1 heterocycles. The van der Waals surface area contributed by atoms with Crippen LogP contribution < -0.4 is 5.32 Å². The van der Waals surface area contributed by atoms with Gasteiger partial charge in [0.1, 0.15) is 12.1 Å². The van der Waals surface area contributed by atoms with Crippen molar-refractivity contribution in [2.24, 2.45) is 11.8 Å². The van der Waals surface area contributed by atoms with Crippen molar-refractivity contribution in [3.05, 3.63) is 59.7 Å². The summed E-state index contributed by atoms with van der Waals surface area (Å²) in [6.07, 6.45) is 2.26. The van der Waals surface area contributed by atoms with Gasteiger partial charge in [-0.1, -0.05) is 48.5 Å². The number of fused-ring (bicyclic) bond motifs is 3. The molecule has 1 saturated heterocycles. The van der Waals surface area contributed by atoms with Gasteiger partial charge in [-0.3, -0.25) is 9.59 Å². The summed E-state index contributed by atoms with van der Waals surface area (Å²) in [6, 6.07) is 16.2. The van der Waals surface area contributed by atoms with E-state index in [1.54, 1.807) is 11.8 Å². The fraction of sp³-hybridized carbons (Fsp3) is 0.464. The molecule has 0 aromatic heterocycles. The zero-order valence-electron chi connectivity index (χ0n) is 20.2. The highest BCUT2D eigenvalue weighted by molar-refractivity contribution is 5.91. The highest BCUT2D eigenvalue weighted by atomic mass is 16.5. The van der Waals surface area contributed by atoms with Crippen molar-refractivity contribution in [3.8, 4) is 11.1 Å². The van der Waals surface area contributed by atoms with E-state index in [1.807, 2.05) is 31.2 Å². The number of hydrogen-bond acceptors (Lipinski definition) is 4. The van der Waals surface area contributed by atoms with Crippen LogP contribution in [0.1, 0.15) is 56.6 Å². The summed E-state index contributed by atoms with van der Waals surface area (Å²) >= 11 is 0. The van der Waals surface area contributed by atoms with Crippen molar-refractivity contribution in [1.29, 1.82) is 0 Å². The maximum absolute atomic E-state index is 13.7. The van der Waals surface area contributed by atoms with Crippen LogP contribution in [0, 0.1) is 11.8 Å². The van der Waals surface area contributed by atoms with Crippen LogP contribution in [-0.2, 0) is 14.3 Å². The first-order chi connectivity index (χ1) is 16.8. The average Bonchev–Trinajstić information content (AvgIpc) is 3.66. The van der Waals surface area contributed by atoms with Crippen LogP contribution in [0.5, 0.6) is 0 Å². The van der Waals surface area contributed by atoms with Crippen LogP contribution in [0.3, 0.4) is 0 Å². The number of carbonyl (C=O) groups is 3. The number of ether oxygens (including phenoxy) is 1. The van der Waals surface area contributed by atoms with Gasteiger partial charge in [0.25, 0.3) is 0 Å². The molecular weight excluding hydrogens is 444 g/mol. The van der Waals surface area contributed by atoms with Gasteiger partial charge < -0.3 is 20.1 Å². The van der Waals surface area contributed by atoms with Gasteiger partial charge in [-0.15, -0.1) is 0 Å². The summed E-state index contributed by atoms with van der Waals surface area (Å²) < 4.78 is 5.72. The lowest BCUT2D eigenvalue weighted by molar-refractivity contribution is -0.150. The lowest BCUT2D eigenvalue weighted by Gasteiger charge is -2.42. The molecule has 7 nitrogen and oxygen atoms in total. The molecule has 5 rings (SSSR count). The van der Waals surface area contributed by atoms with Gasteiger partial charge >= 0.3 is 12.1 Å². The van der Waals surface area contributed by atoms with E-state index >= 15 is 0 Å². The first kappa shape index (κ1) is 23.4. The molecule has 3 atom stereocenters. The Morgan fingerprint density at radius 1 is 1.00 bits per heavy atom. The molecule has 3 unspecified atom stereocenters. The normalized spacial score (nSPS) is 23.1. The molecule has 7 heteroatoms. The standard InChI is InChI=1S/C28H32N2O5/c1-17-11-12-18(25(31)32)15-30(17)26(33)28(2,19-13-14-19)29-27(34)35-16-24-22-9-5-3-7-20(22)21-8-4-6-10-23(21)24/h3-10,17-19,24H,11-16H2,1-2H3,(H,29,34)(H,31,32). The number of benzene rings is 2. The summed E-state index contributed by atoms with van der Waals surface area (Å²) in [7, 11) is 0. The quantitative estimate of drug-likeness (QED) is 0.644. The van der Waals surface area contributed by atoms with Crippen molar-refractivity contribution in [2.45, 2.75) is 57.0 Å². The average molecular weight is 477 g/mol. The smallest absolute Gasteiger partial charge is 0.408 e. The molecule has 2 amide bonds. The third-order valence-electron chi connectivity index (χ3n) is 8.04. The van der Waals surface area contributed by atoms with E-state index in [1.165, 1.54) is 0 Å². The second-order valence-electron chi connectivity index (χ2n) is 10.3. The second-order valence-corrected chi connectivity index (χ2v) is 10.3. The number of hydrogen-bond donors (Lipinski definition) is 2. The van der Waals surface area contributed by atoms with E-state index in [-0.39, 0.29) is 36.9 Å². The van der Waals surface area contributed by atoms with Crippen LogP contribution in [0.4, 0.5) is 4.79 Å². The molecule has 2 N–H and O–H groups in total. The molecule has 2 aromatic rings. The van der Waals surface area contributed by atoms with E-state index in [4.69, 9.17) is 4.74 Å². The molecule has 184 valence electrons. The lowest BCUT2D eigenvalue weighted by Crippen LogP contribution is -2.62. The number of nitrogens with zero attached hydrogens (tertiary/aromatic N) is 1. The van der Waals surface area contributed by atoms with Crippen molar-refractivity contribution in [1.82, 2.24) is 10.2 Å². The van der Waals surface area contributed by atoms with Crippen LogP contribution in [0.15, 0.2) is 48.5 Å². The Hall–Kier alpha value is -3.35. The maximum atomic E-state index is 13.7. The summed E-state index contributed by atoms with van der Waals surface area (Å²) in [5.41, 5.74) is 3.45. The Balaban J connectivity index is 1.29. The van der Waals surface area contributed by atoms with Gasteiger partial charge in [0, 0.05) is 18.5 Å². The van der Waals surface area contributed by atoms with Crippen LogP contribution >= 0.6 is 0 Å². The van der Waals surface area contributed by atoms with Gasteiger partial charge in [0.2, 0.25) is 5.91 Å². The van der Waals surface area contributed by atoms with Crippen LogP contribution in [0.2, 0.25) is 0 Å². The highest BCUT2D eigenvalue weighted by Gasteiger charge is 2.52. The van der Waals surface area contributed by atoms with Crippen LogP contribution in [-0.4, -0.2) is 52.7 Å². The fourth-order valence-corrected chi connectivity index (χ4v) is 5.73. The van der Waals surface area contributed by atoms with Crippen molar-refractivity contribution < 1.29 is 24.2 Å². The maximum Gasteiger partial charge on any atom is 0.408 e. The Labute approximate surface area is 205 Å². The van der Waals surface area contributed by atoms with E-state index < -0.39 is 23.5 Å². The van der Waals surface area contributed by atoms with Crippen molar-refractivity contribution >= 4 is 18.0 Å². The summed E-state index contributed by atoms with van der Waals surface area (Å²) in [5, 5.41) is 12.4. The number of carboxylic acid groups (broad SMARTS) is 1. The zero-order valence-corrected chi connectivity index (χ0v) is 20.2. The predicted molar refractivity (Wildman–Crippen MR) is 131 cm³/mol. The number of carbonyl (C=O) groups excluding carboxylic acids is 2. The monoisotopic (exact) mass is 476 g/mol. The Morgan fingerprint density at radius 3 is 2.17 bits per heavy atom. The SMILES string of the molecule is CC1CCC(C(=O)O)CN1C(=O)C(C)(NC(=O)OCC1c2ccccc2-c2ccccc21)C1CC1. The molecule has 0 radical (unpaired) electrons. The van der Waals surface area contributed by atoms with Gasteiger partial charge in [-0.05, 0) is 67.7 Å². The Morgan fingerprint density at radius 2 is 1.60 bits per heavy atom. The third kappa shape index (κ3) is 4.28. The van der Waals surface area contributed by atoms with Crippen molar-refractivity contribution in [2.75, 3.05) is 13.2 Å². The van der Waals surface area contributed by atoms with Crippen molar-refractivity contribution in [3.63, 3.8) is 0 Å². The highest BCUT2D eigenvalue weighted by Crippen LogP contribution is 2.45. The molecule has 2 fully saturated rings. The minimum absolute atomic E-state index is 0.0212. The van der Waals surface area contributed by atoms with Gasteiger partial charge in [0.15, 0.2) is 0 Å². The number of carboxylic acids is 1. The fourth-order valence-electron chi connectivity index (χ4n) is 5.73. The second kappa shape index (κ2) is 9.02. The third-order valence-corrected chi connectivity index (χ3v) is 8.04. The number of likely N-dealkylation sites (tertiary alicyclic amines) is 1. The zero-order chi connectivity index (χ0) is 24.7. The van der Waals surface area contributed by atoms with Gasteiger partial charge in [0.05, 0.1) is 5.92 Å².